The van der Waals surface area contributed by atoms with Crippen molar-refractivity contribution in [2.24, 2.45) is 14.1 Å². The molecule has 2 amide bonds. The molecule has 282 valence electrons. The van der Waals surface area contributed by atoms with Crippen molar-refractivity contribution < 1.29 is 24.2 Å². The summed E-state index contributed by atoms with van der Waals surface area (Å²) in [6.07, 6.45) is 4.34. The third kappa shape index (κ3) is 7.12. The summed E-state index contributed by atoms with van der Waals surface area (Å²) in [6.45, 7) is 4.36. The van der Waals surface area contributed by atoms with Gasteiger partial charge in [-0.15, -0.1) is 0 Å². The number of benzene rings is 3. The van der Waals surface area contributed by atoms with Gasteiger partial charge in [0, 0.05) is 92.5 Å². The molecule has 1 N–H and O–H groups in total. The number of anilines is 2. The molecule has 0 spiro atoms. The second-order valence-electron chi connectivity index (χ2n) is 14.2. The minimum Gasteiger partial charge on any atom is -0.508 e. The maximum absolute atomic E-state index is 15.0. The number of methoxy groups -OCH3 is 1. The van der Waals surface area contributed by atoms with E-state index in [4.69, 9.17) is 21.1 Å². The normalized spacial score (nSPS) is 16.0. The van der Waals surface area contributed by atoms with Gasteiger partial charge in [0.1, 0.15) is 11.4 Å². The number of hydrogen-bond acceptors (Lipinski definition) is 7. The smallest absolute Gasteiger partial charge is 0.264 e. The largest absolute Gasteiger partial charge is 0.508 e. The van der Waals surface area contributed by atoms with Crippen LogP contribution in [0.5, 0.6) is 5.75 Å². The van der Waals surface area contributed by atoms with Gasteiger partial charge in [0.25, 0.3) is 11.8 Å². The van der Waals surface area contributed by atoms with Crippen molar-refractivity contribution in [2.45, 2.75) is 25.6 Å². The molecule has 5 heterocycles. The zero-order valence-electron chi connectivity index (χ0n) is 31.1. The second-order valence-corrected chi connectivity index (χ2v) is 14.7. The first kappa shape index (κ1) is 36.5. The van der Waals surface area contributed by atoms with Crippen LogP contribution in [0.1, 0.15) is 37.5 Å². The molecule has 1 atom stereocenters. The number of carbonyl (C=O) groups is 2. The molecule has 12 heteroatoms. The fourth-order valence-electron chi connectivity index (χ4n) is 7.91. The van der Waals surface area contributed by atoms with Crippen molar-refractivity contribution in [1.82, 2.24) is 23.9 Å². The molecule has 0 aliphatic carbocycles. The van der Waals surface area contributed by atoms with Crippen LogP contribution in [0.3, 0.4) is 0 Å². The van der Waals surface area contributed by atoms with Crippen LogP contribution in [0.4, 0.5) is 11.4 Å². The summed E-state index contributed by atoms with van der Waals surface area (Å²) in [6, 6.07) is 25.8. The molecular formula is C43H43ClN6O5. The van der Waals surface area contributed by atoms with Crippen LogP contribution >= 0.6 is 11.6 Å². The Kier molecular flexibility index (Phi) is 10.2. The Morgan fingerprint density at radius 3 is 2.47 bits per heavy atom. The fourth-order valence-corrected chi connectivity index (χ4v) is 8.08. The van der Waals surface area contributed by atoms with Crippen molar-refractivity contribution >= 4 is 45.8 Å². The number of pyridine rings is 1. The van der Waals surface area contributed by atoms with E-state index in [2.05, 4.69) is 28.1 Å². The number of phenolic OH excluding ortho intramolecular Hbond substituents is 1. The van der Waals surface area contributed by atoms with Crippen LogP contribution in [-0.2, 0) is 43.1 Å². The number of aromatic nitrogens is 3. The summed E-state index contributed by atoms with van der Waals surface area (Å²) in [5.41, 5.74) is 7.04. The molecule has 0 bridgehead atoms. The Morgan fingerprint density at radius 2 is 1.71 bits per heavy atom. The number of morpholine rings is 1. The SMILES string of the molecule is COCc1c(C(=O)N(c2ccc(O)cc2)c2cnc3c(ccn3C)c2)cc(-c2cc(Cl)ccc2C(=O)N2Cc3ccccc3C[C@H]2CN2CCOCC2)n1C. The van der Waals surface area contributed by atoms with E-state index in [-0.39, 0.29) is 30.2 Å². The Labute approximate surface area is 324 Å². The fraction of sp³-hybridized carbons (Fsp3) is 0.279. The summed E-state index contributed by atoms with van der Waals surface area (Å²) in [5.74, 6) is -0.350. The van der Waals surface area contributed by atoms with Crippen LogP contribution in [0.15, 0.2) is 97.3 Å². The van der Waals surface area contributed by atoms with Gasteiger partial charge < -0.3 is 28.6 Å². The van der Waals surface area contributed by atoms with E-state index < -0.39 is 0 Å². The van der Waals surface area contributed by atoms with E-state index in [0.717, 1.165) is 42.7 Å². The number of fused-ring (bicyclic) bond motifs is 2. The first-order valence-electron chi connectivity index (χ1n) is 18.4. The molecule has 55 heavy (non-hydrogen) atoms. The number of nitrogens with zero attached hydrogens (tertiary/aromatic N) is 6. The van der Waals surface area contributed by atoms with Gasteiger partial charge in [0.2, 0.25) is 0 Å². The lowest BCUT2D eigenvalue weighted by atomic mass is 9.92. The maximum atomic E-state index is 15.0. The minimum atomic E-state index is -0.329. The topological polar surface area (TPSA) is 105 Å². The van der Waals surface area contributed by atoms with Gasteiger partial charge in [-0.25, -0.2) is 4.98 Å². The third-order valence-corrected chi connectivity index (χ3v) is 11.0. The Morgan fingerprint density at radius 1 is 0.945 bits per heavy atom. The number of hydrogen-bond donors (Lipinski definition) is 1. The lowest BCUT2D eigenvalue weighted by Gasteiger charge is -2.40. The summed E-state index contributed by atoms with van der Waals surface area (Å²) in [5, 5.41) is 11.5. The molecule has 3 aromatic heterocycles. The molecule has 0 saturated carbocycles. The minimum absolute atomic E-state index is 0.0481. The highest BCUT2D eigenvalue weighted by molar-refractivity contribution is 6.31. The van der Waals surface area contributed by atoms with E-state index in [1.165, 1.54) is 5.56 Å². The van der Waals surface area contributed by atoms with E-state index in [9.17, 15) is 14.7 Å². The van der Waals surface area contributed by atoms with E-state index in [1.807, 2.05) is 58.6 Å². The number of amides is 2. The molecule has 11 nitrogen and oxygen atoms in total. The number of carbonyl (C=O) groups excluding carboxylic acids is 2. The first-order valence-corrected chi connectivity index (χ1v) is 18.8. The highest BCUT2D eigenvalue weighted by Crippen LogP contribution is 2.37. The number of halogens is 1. The average Bonchev–Trinajstić information content (AvgIpc) is 3.73. The molecule has 3 aromatic carbocycles. The van der Waals surface area contributed by atoms with Crippen molar-refractivity contribution in [3.63, 3.8) is 0 Å². The molecule has 0 unspecified atom stereocenters. The lowest BCUT2D eigenvalue weighted by molar-refractivity contribution is 0.0193. The molecule has 1 fully saturated rings. The number of phenols is 1. The van der Waals surface area contributed by atoms with E-state index in [0.29, 0.717) is 64.2 Å². The van der Waals surface area contributed by atoms with Crippen molar-refractivity contribution in [3.8, 4) is 17.0 Å². The summed E-state index contributed by atoms with van der Waals surface area (Å²) < 4.78 is 15.1. The molecule has 8 rings (SSSR count). The first-order chi connectivity index (χ1) is 26.7. The quantitative estimate of drug-likeness (QED) is 0.170. The number of ether oxygens (including phenoxy) is 2. The second kappa shape index (κ2) is 15.3. The zero-order valence-corrected chi connectivity index (χ0v) is 31.9. The molecule has 6 aromatic rings. The zero-order chi connectivity index (χ0) is 38.2. The molecule has 2 aliphatic rings. The van der Waals surface area contributed by atoms with Crippen LogP contribution in [0, 0.1) is 0 Å². The standard InChI is InChI=1S/C43H43ClN6O5/c1-46-15-14-29-21-33(24-45-41(29)46)50(32-9-11-35(51)12-10-32)43(53)38-23-39(47(2)40(38)27-54-3)37-22-31(44)8-13-36(37)42(52)49-25-30-7-5-4-6-28(30)20-34(49)26-48-16-18-55-19-17-48/h4-15,21-24,34,51H,16-20,25-27H2,1-3H3/t34-/m0/s1. The van der Waals surface area contributed by atoms with Crippen molar-refractivity contribution in [2.75, 3.05) is 44.9 Å². The maximum Gasteiger partial charge on any atom is 0.264 e. The van der Waals surface area contributed by atoms with Gasteiger partial charge in [0.15, 0.2) is 0 Å². The van der Waals surface area contributed by atoms with Crippen LogP contribution in [0.2, 0.25) is 5.02 Å². The monoisotopic (exact) mass is 758 g/mol. The predicted molar refractivity (Wildman–Crippen MR) is 213 cm³/mol. The van der Waals surface area contributed by atoms with Crippen LogP contribution in [0.25, 0.3) is 22.3 Å². The van der Waals surface area contributed by atoms with Gasteiger partial charge in [-0.05, 0) is 78.2 Å². The summed E-state index contributed by atoms with van der Waals surface area (Å²) in [4.78, 5) is 40.6. The van der Waals surface area contributed by atoms with Gasteiger partial charge >= 0.3 is 0 Å². The summed E-state index contributed by atoms with van der Waals surface area (Å²) >= 11 is 6.70. The average molecular weight is 759 g/mol. The van der Waals surface area contributed by atoms with Gasteiger partial charge in [-0.3, -0.25) is 19.4 Å². The van der Waals surface area contributed by atoms with Crippen LogP contribution < -0.4 is 4.90 Å². The van der Waals surface area contributed by atoms with Crippen LogP contribution in [-0.4, -0.2) is 86.8 Å². The molecule has 2 aliphatic heterocycles. The molecule has 1 saturated heterocycles. The third-order valence-electron chi connectivity index (χ3n) is 10.8. The predicted octanol–water partition coefficient (Wildman–Crippen LogP) is 6.96. The Balaban J connectivity index is 1.21. The van der Waals surface area contributed by atoms with E-state index >= 15 is 0 Å². The molecular weight excluding hydrogens is 716 g/mol. The molecule has 0 radical (unpaired) electrons. The van der Waals surface area contributed by atoms with Crippen molar-refractivity contribution in [3.05, 3.63) is 130 Å². The summed E-state index contributed by atoms with van der Waals surface area (Å²) in [7, 11) is 5.38. The lowest BCUT2D eigenvalue weighted by Crippen LogP contribution is -2.52. The van der Waals surface area contributed by atoms with Gasteiger partial charge in [0.05, 0.1) is 43.0 Å². The number of aromatic hydroxyl groups is 1. The Hall–Kier alpha value is -5.46. The number of aryl methyl sites for hydroxylation is 1. The highest BCUT2D eigenvalue weighted by Gasteiger charge is 2.34. The van der Waals surface area contributed by atoms with Gasteiger partial charge in [-0.1, -0.05) is 35.9 Å². The highest BCUT2D eigenvalue weighted by atomic mass is 35.5. The Bertz CT molecular complexity index is 2380. The number of rotatable bonds is 9. The van der Waals surface area contributed by atoms with E-state index in [1.54, 1.807) is 60.7 Å². The van der Waals surface area contributed by atoms with Gasteiger partial charge in [-0.2, -0.15) is 0 Å². The van der Waals surface area contributed by atoms with Crippen molar-refractivity contribution in [1.29, 1.82) is 0 Å².